The van der Waals surface area contributed by atoms with Gasteiger partial charge in [-0.05, 0) is 110 Å². The number of carbonyl (C=O) groups is 1. The predicted molar refractivity (Wildman–Crippen MR) is 123 cm³/mol. The molecule has 0 aromatic heterocycles. The van der Waals surface area contributed by atoms with Crippen molar-refractivity contribution in [3.63, 3.8) is 0 Å². The van der Waals surface area contributed by atoms with Gasteiger partial charge in [-0.25, -0.2) is 4.79 Å². The van der Waals surface area contributed by atoms with E-state index in [0.717, 1.165) is 18.5 Å². The molecular formula is C17H16I3NO5. The van der Waals surface area contributed by atoms with Crippen molar-refractivity contribution in [1.29, 1.82) is 0 Å². The number of aromatic hydroxyl groups is 1. The Morgan fingerprint density at radius 3 is 2.35 bits per heavy atom. The Labute approximate surface area is 192 Å². The number of rotatable bonds is 6. The molecule has 0 saturated heterocycles. The fourth-order valence-corrected chi connectivity index (χ4v) is 4.77. The normalized spacial score (nSPS) is 11.7. The molecule has 140 valence electrons. The molecule has 0 unspecified atom stereocenters. The molecule has 9 heteroatoms. The number of amides is 1. The number of methoxy groups -OCH3 is 1. The Hall–Kier alpha value is -0.540. The highest BCUT2D eigenvalue weighted by Crippen LogP contribution is 2.35. The number of aliphatic hydroxyl groups excluding tert-OH is 1. The molecule has 0 aliphatic rings. The summed E-state index contributed by atoms with van der Waals surface area (Å²) in [6, 6.07) is 8.53. The second-order valence-corrected chi connectivity index (χ2v) is 8.81. The predicted octanol–water partition coefficient (Wildman–Crippen LogP) is 4.26. The molecule has 26 heavy (non-hydrogen) atoms. The number of hydrogen-bond acceptors (Lipinski definition) is 5. The van der Waals surface area contributed by atoms with E-state index in [1.54, 1.807) is 18.2 Å². The maximum absolute atomic E-state index is 11.3. The van der Waals surface area contributed by atoms with Crippen molar-refractivity contribution in [2.24, 2.45) is 0 Å². The van der Waals surface area contributed by atoms with Gasteiger partial charge in [-0.2, -0.15) is 0 Å². The van der Waals surface area contributed by atoms with Gasteiger partial charge in [0.1, 0.15) is 11.5 Å². The molecule has 2 aromatic rings. The van der Waals surface area contributed by atoms with E-state index in [1.807, 2.05) is 34.7 Å². The van der Waals surface area contributed by atoms with E-state index in [4.69, 9.17) is 4.74 Å². The number of halogens is 3. The third-order valence-electron chi connectivity index (χ3n) is 3.41. The van der Waals surface area contributed by atoms with Gasteiger partial charge >= 0.3 is 6.09 Å². The molecule has 0 heterocycles. The van der Waals surface area contributed by atoms with Crippen molar-refractivity contribution >= 4 is 73.9 Å². The molecule has 0 aliphatic carbocycles. The minimum Gasteiger partial charge on any atom is -0.507 e. The third-order valence-corrected chi connectivity index (χ3v) is 5.87. The summed E-state index contributed by atoms with van der Waals surface area (Å²) in [7, 11) is 1.28. The van der Waals surface area contributed by atoms with Gasteiger partial charge in [0, 0.05) is 0 Å². The quantitative estimate of drug-likeness (QED) is 0.394. The average molecular weight is 695 g/mol. The molecular weight excluding hydrogens is 679 g/mol. The van der Waals surface area contributed by atoms with Gasteiger partial charge < -0.3 is 25.0 Å². The molecule has 0 aliphatic heterocycles. The minimum absolute atomic E-state index is 0.188. The van der Waals surface area contributed by atoms with Crippen molar-refractivity contribution in [1.82, 2.24) is 5.32 Å². The standard InChI is InChI=1S/C17H16I3NO5/c1-25-17(24)21-10(8-22)4-9-5-13(19)16(14(20)6-9)26-11-2-3-15(23)12(18)7-11/h2-3,5-7,10,22-23H,4,8H2,1H3,(H,21,24)/t10-/m0/s1. The van der Waals surface area contributed by atoms with E-state index >= 15 is 0 Å². The first-order valence-electron chi connectivity index (χ1n) is 7.43. The van der Waals surface area contributed by atoms with Crippen LogP contribution < -0.4 is 10.1 Å². The van der Waals surface area contributed by atoms with Crippen LogP contribution >= 0.6 is 67.8 Å². The summed E-state index contributed by atoms with van der Waals surface area (Å²) in [5, 5.41) is 21.7. The Morgan fingerprint density at radius 2 is 1.81 bits per heavy atom. The Morgan fingerprint density at radius 1 is 1.15 bits per heavy atom. The Kier molecular flexibility index (Phi) is 8.47. The Balaban J connectivity index is 2.18. The maximum atomic E-state index is 11.3. The van der Waals surface area contributed by atoms with Gasteiger partial charge in [0.05, 0.1) is 30.5 Å². The smallest absolute Gasteiger partial charge is 0.407 e. The molecule has 2 aromatic carbocycles. The van der Waals surface area contributed by atoms with Crippen molar-refractivity contribution in [3.8, 4) is 17.2 Å². The molecule has 3 N–H and O–H groups in total. The lowest BCUT2D eigenvalue weighted by molar-refractivity contribution is 0.157. The van der Waals surface area contributed by atoms with Crippen LogP contribution in [0.5, 0.6) is 17.2 Å². The van der Waals surface area contributed by atoms with Crippen LogP contribution in [0.25, 0.3) is 0 Å². The van der Waals surface area contributed by atoms with Gasteiger partial charge in [0.25, 0.3) is 0 Å². The summed E-state index contributed by atoms with van der Waals surface area (Å²) in [5.74, 6) is 1.57. The SMILES string of the molecule is COC(=O)N[C@H](CO)Cc1cc(I)c(Oc2ccc(O)c(I)c2)c(I)c1. The van der Waals surface area contributed by atoms with Crippen molar-refractivity contribution in [3.05, 3.63) is 46.6 Å². The van der Waals surface area contributed by atoms with Crippen LogP contribution in [0.4, 0.5) is 4.79 Å². The second kappa shape index (κ2) is 10.1. The van der Waals surface area contributed by atoms with Crippen LogP contribution in [-0.2, 0) is 11.2 Å². The molecule has 0 bridgehead atoms. The fraction of sp³-hybridized carbons (Fsp3) is 0.235. The van der Waals surface area contributed by atoms with Crippen molar-refractivity contribution < 1.29 is 24.5 Å². The number of phenols is 1. The lowest BCUT2D eigenvalue weighted by Crippen LogP contribution is -2.39. The fourth-order valence-electron chi connectivity index (χ4n) is 2.17. The number of ether oxygens (including phenoxy) is 2. The topological polar surface area (TPSA) is 88.0 Å². The first-order valence-corrected chi connectivity index (χ1v) is 10.7. The van der Waals surface area contributed by atoms with E-state index in [9.17, 15) is 15.0 Å². The van der Waals surface area contributed by atoms with Gasteiger partial charge in [-0.15, -0.1) is 0 Å². The molecule has 2 rings (SSSR count). The molecule has 0 saturated carbocycles. The number of nitrogens with one attached hydrogen (secondary N) is 1. The summed E-state index contributed by atoms with van der Waals surface area (Å²) in [4.78, 5) is 11.3. The molecule has 0 fully saturated rings. The van der Waals surface area contributed by atoms with E-state index < -0.39 is 12.1 Å². The number of alkyl carbamates (subject to hydrolysis) is 1. The highest BCUT2D eigenvalue weighted by molar-refractivity contribution is 14.1. The molecule has 6 nitrogen and oxygen atoms in total. The molecule has 1 atom stereocenters. The van der Waals surface area contributed by atoms with Gasteiger partial charge in [-0.1, -0.05) is 0 Å². The van der Waals surface area contributed by atoms with Crippen LogP contribution in [0, 0.1) is 10.7 Å². The zero-order chi connectivity index (χ0) is 19.3. The van der Waals surface area contributed by atoms with E-state index in [-0.39, 0.29) is 12.4 Å². The number of phenolic OH excluding ortho intramolecular Hbond substituents is 1. The number of carbonyl (C=O) groups excluding carboxylic acids is 1. The zero-order valence-corrected chi connectivity index (χ0v) is 20.1. The van der Waals surface area contributed by atoms with Gasteiger partial charge in [0.15, 0.2) is 5.75 Å². The lowest BCUT2D eigenvalue weighted by Gasteiger charge is -2.17. The first kappa shape index (κ1) is 21.8. The third kappa shape index (κ3) is 5.99. The van der Waals surface area contributed by atoms with Gasteiger partial charge in [0.2, 0.25) is 0 Å². The first-order chi connectivity index (χ1) is 12.3. The number of benzene rings is 2. The Bertz CT molecular complexity index is 777. The van der Waals surface area contributed by atoms with Crippen molar-refractivity contribution in [2.75, 3.05) is 13.7 Å². The monoisotopic (exact) mass is 695 g/mol. The summed E-state index contributed by atoms with van der Waals surface area (Å²) in [6.07, 6.45) is -0.107. The van der Waals surface area contributed by atoms with E-state index in [2.05, 4.69) is 55.2 Å². The van der Waals surface area contributed by atoms with Crippen LogP contribution in [0.2, 0.25) is 0 Å². The molecule has 0 spiro atoms. The van der Waals surface area contributed by atoms with Crippen molar-refractivity contribution in [2.45, 2.75) is 12.5 Å². The van der Waals surface area contributed by atoms with Crippen LogP contribution in [-0.4, -0.2) is 36.1 Å². The maximum Gasteiger partial charge on any atom is 0.407 e. The second-order valence-electron chi connectivity index (χ2n) is 5.32. The van der Waals surface area contributed by atoms with E-state index in [0.29, 0.717) is 15.7 Å². The average Bonchev–Trinajstić information content (AvgIpc) is 2.60. The highest BCUT2D eigenvalue weighted by Gasteiger charge is 2.16. The van der Waals surface area contributed by atoms with Crippen LogP contribution in [0.15, 0.2) is 30.3 Å². The largest absolute Gasteiger partial charge is 0.507 e. The van der Waals surface area contributed by atoms with E-state index in [1.165, 1.54) is 7.11 Å². The number of hydrogen-bond donors (Lipinski definition) is 3. The highest BCUT2D eigenvalue weighted by atomic mass is 127. The van der Waals surface area contributed by atoms with Crippen LogP contribution in [0.1, 0.15) is 5.56 Å². The zero-order valence-electron chi connectivity index (χ0n) is 13.6. The lowest BCUT2D eigenvalue weighted by atomic mass is 10.1. The summed E-state index contributed by atoms with van der Waals surface area (Å²) >= 11 is 6.42. The number of aliphatic hydroxyl groups is 1. The summed E-state index contributed by atoms with van der Waals surface area (Å²) in [6.45, 7) is -0.188. The van der Waals surface area contributed by atoms with Crippen LogP contribution in [0.3, 0.4) is 0 Å². The van der Waals surface area contributed by atoms with Gasteiger partial charge in [-0.3, -0.25) is 0 Å². The molecule has 0 radical (unpaired) electrons. The summed E-state index contributed by atoms with van der Waals surface area (Å²) < 4.78 is 13.1. The summed E-state index contributed by atoms with van der Waals surface area (Å²) in [5.41, 5.74) is 0.960. The minimum atomic E-state index is -0.574. The molecule has 1 amide bonds.